The van der Waals surface area contributed by atoms with Crippen LogP contribution < -0.4 is 5.32 Å². The first-order chi connectivity index (χ1) is 8.65. The highest BCUT2D eigenvalue weighted by Gasteiger charge is 2.32. The molecule has 0 aromatic heterocycles. The Morgan fingerprint density at radius 2 is 1.78 bits per heavy atom. The quantitative estimate of drug-likeness (QED) is 0.786. The second kappa shape index (κ2) is 6.20. The first-order valence-electron chi connectivity index (χ1n) is 6.29. The van der Waals surface area contributed by atoms with E-state index >= 15 is 0 Å². The van der Waals surface area contributed by atoms with E-state index in [0.29, 0.717) is 0 Å². The van der Waals surface area contributed by atoms with Crippen molar-refractivity contribution in [2.45, 2.75) is 37.6 Å². The van der Waals surface area contributed by atoms with Gasteiger partial charge in [-0.1, -0.05) is 51.1 Å². The van der Waals surface area contributed by atoms with Crippen LogP contribution in [-0.4, -0.2) is 16.8 Å². The van der Waals surface area contributed by atoms with Gasteiger partial charge in [-0.2, -0.15) is 0 Å². The summed E-state index contributed by atoms with van der Waals surface area (Å²) in [6, 6.07) is 7.50. The summed E-state index contributed by atoms with van der Waals surface area (Å²) in [5, 5.41) is 4.05. The molecule has 18 heavy (non-hydrogen) atoms. The lowest BCUT2D eigenvalue weighted by Crippen LogP contribution is -2.51. The zero-order valence-electron chi connectivity index (χ0n) is 10.2. The maximum atomic E-state index is 12.2. The Morgan fingerprint density at radius 3 is 2.33 bits per heavy atom. The molecule has 4 heteroatoms. The van der Waals surface area contributed by atoms with Crippen molar-refractivity contribution >= 4 is 37.8 Å². The molecule has 98 valence electrons. The third kappa shape index (κ3) is 3.35. The van der Waals surface area contributed by atoms with Crippen LogP contribution in [0.5, 0.6) is 0 Å². The average molecular weight is 375 g/mol. The van der Waals surface area contributed by atoms with Gasteiger partial charge < -0.3 is 5.32 Å². The Balaban J connectivity index is 2.07. The Bertz CT molecular complexity index is 410. The van der Waals surface area contributed by atoms with E-state index in [1.807, 2.05) is 24.3 Å². The number of halogens is 2. The van der Waals surface area contributed by atoms with Crippen molar-refractivity contribution in [3.05, 3.63) is 34.3 Å². The molecule has 0 bridgehead atoms. The van der Waals surface area contributed by atoms with E-state index in [1.54, 1.807) is 0 Å². The molecule has 1 aromatic carbocycles. The number of amides is 1. The zero-order valence-corrected chi connectivity index (χ0v) is 13.4. The molecule has 1 fully saturated rings. The fourth-order valence-corrected chi connectivity index (χ4v) is 3.40. The molecule has 0 unspecified atom stereocenters. The first-order valence-corrected chi connectivity index (χ1v) is 8.21. The van der Waals surface area contributed by atoms with Crippen molar-refractivity contribution in [1.29, 1.82) is 0 Å². The minimum absolute atomic E-state index is 0.0313. The molecule has 1 amide bonds. The number of carbonyl (C=O) groups excluding carboxylic acids is 1. The van der Waals surface area contributed by atoms with E-state index in [9.17, 15) is 4.79 Å². The third-order valence-corrected chi connectivity index (χ3v) is 5.15. The third-order valence-electron chi connectivity index (χ3n) is 3.55. The summed E-state index contributed by atoms with van der Waals surface area (Å²) in [6.07, 6.45) is 5.82. The number of hydrogen-bond acceptors (Lipinski definition) is 1. The lowest BCUT2D eigenvalue weighted by Gasteiger charge is -2.36. The van der Waals surface area contributed by atoms with Crippen LogP contribution in [-0.2, 0) is 0 Å². The van der Waals surface area contributed by atoms with Gasteiger partial charge in [-0.3, -0.25) is 4.79 Å². The molecule has 2 nitrogen and oxygen atoms in total. The van der Waals surface area contributed by atoms with E-state index in [1.165, 1.54) is 19.3 Å². The van der Waals surface area contributed by atoms with Crippen molar-refractivity contribution in [2.24, 2.45) is 0 Å². The predicted octanol–water partition coefficient (Wildman–Crippen LogP) is 4.28. The minimum atomic E-state index is -0.0532. The minimum Gasteiger partial charge on any atom is -0.346 e. The number of benzene rings is 1. The molecule has 0 spiro atoms. The fourth-order valence-electron chi connectivity index (χ4n) is 2.43. The van der Waals surface area contributed by atoms with Crippen LogP contribution in [0, 0.1) is 0 Å². The number of alkyl halides is 1. The number of nitrogens with one attached hydrogen (secondary N) is 1. The fraction of sp³-hybridized carbons (Fsp3) is 0.500. The van der Waals surface area contributed by atoms with Crippen LogP contribution in [0.2, 0.25) is 0 Å². The molecule has 2 rings (SSSR count). The normalized spacial score (nSPS) is 18.3. The summed E-state index contributed by atoms with van der Waals surface area (Å²) in [6.45, 7) is 0. The molecule has 0 saturated heterocycles. The Kier molecular flexibility index (Phi) is 4.84. The largest absolute Gasteiger partial charge is 0.346 e. The lowest BCUT2D eigenvalue weighted by atomic mass is 9.83. The van der Waals surface area contributed by atoms with E-state index in [4.69, 9.17) is 0 Å². The highest BCUT2D eigenvalue weighted by Crippen LogP contribution is 2.30. The standard InChI is InChI=1S/C14H17Br2NO/c15-10-14(8-2-1-3-9-14)17-13(18)11-4-6-12(16)7-5-11/h4-7H,1-3,8-10H2,(H,17,18). The monoisotopic (exact) mass is 373 g/mol. The van der Waals surface area contributed by atoms with Gasteiger partial charge in [-0.05, 0) is 37.1 Å². The highest BCUT2D eigenvalue weighted by atomic mass is 79.9. The molecule has 1 aliphatic carbocycles. The van der Waals surface area contributed by atoms with Crippen molar-refractivity contribution in [3.63, 3.8) is 0 Å². The summed E-state index contributed by atoms with van der Waals surface area (Å²) < 4.78 is 0.993. The van der Waals surface area contributed by atoms with Crippen LogP contribution >= 0.6 is 31.9 Å². The van der Waals surface area contributed by atoms with E-state index in [2.05, 4.69) is 37.2 Å². The highest BCUT2D eigenvalue weighted by molar-refractivity contribution is 9.10. The van der Waals surface area contributed by atoms with Crippen molar-refractivity contribution in [3.8, 4) is 0 Å². The van der Waals surface area contributed by atoms with E-state index in [0.717, 1.165) is 28.2 Å². The van der Waals surface area contributed by atoms with Crippen LogP contribution in [0.3, 0.4) is 0 Å². The summed E-state index contributed by atoms with van der Waals surface area (Å²) >= 11 is 6.94. The summed E-state index contributed by atoms with van der Waals surface area (Å²) in [5.41, 5.74) is 0.673. The molecule has 1 N–H and O–H groups in total. The first kappa shape index (κ1) is 14.1. The van der Waals surface area contributed by atoms with Crippen molar-refractivity contribution < 1.29 is 4.79 Å². The van der Waals surface area contributed by atoms with Crippen molar-refractivity contribution in [1.82, 2.24) is 5.32 Å². The smallest absolute Gasteiger partial charge is 0.251 e. The lowest BCUT2D eigenvalue weighted by molar-refractivity contribution is 0.0886. The number of rotatable bonds is 3. The topological polar surface area (TPSA) is 29.1 Å². The molecule has 0 radical (unpaired) electrons. The summed E-state index contributed by atoms with van der Waals surface area (Å²) in [4.78, 5) is 12.2. The maximum Gasteiger partial charge on any atom is 0.251 e. The van der Waals surface area contributed by atoms with Gasteiger partial charge in [0.05, 0.1) is 5.54 Å². The van der Waals surface area contributed by atoms with Gasteiger partial charge in [0, 0.05) is 15.4 Å². The summed E-state index contributed by atoms with van der Waals surface area (Å²) in [7, 11) is 0. The molecule has 0 atom stereocenters. The van der Waals surface area contributed by atoms with Crippen LogP contribution in [0.25, 0.3) is 0 Å². The average Bonchev–Trinajstić information content (AvgIpc) is 2.40. The second-order valence-corrected chi connectivity index (χ2v) is 6.41. The molecule has 1 aliphatic rings. The zero-order chi connectivity index (χ0) is 13.0. The predicted molar refractivity (Wildman–Crippen MR) is 81.2 cm³/mol. The van der Waals surface area contributed by atoms with Gasteiger partial charge in [0.2, 0.25) is 0 Å². The van der Waals surface area contributed by atoms with Crippen LogP contribution in [0.4, 0.5) is 0 Å². The van der Waals surface area contributed by atoms with Gasteiger partial charge in [0.15, 0.2) is 0 Å². The number of hydrogen-bond donors (Lipinski definition) is 1. The van der Waals surface area contributed by atoms with E-state index < -0.39 is 0 Å². The Labute approximate surface area is 125 Å². The molecule has 0 heterocycles. The molecular weight excluding hydrogens is 358 g/mol. The molecular formula is C14H17Br2NO. The van der Waals surface area contributed by atoms with Crippen LogP contribution in [0.1, 0.15) is 42.5 Å². The molecule has 1 saturated carbocycles. The number of carbonyl (C=O) groups is 1. The molecule has 0 aliphatic heterocycles. The van der Waals surface area contributed by atoms with Gasteiger partial charge in [0.25, 0.3) is 5.91 Å². The van der Waals surface area contributed by atoms with Crippen LogP contribution in [0.15, 0.2) is 28.7 Å². The molecule has 1 aromatic rings. The SMILES string of the molecule is O=C(NC1(CBr)CCCCC1)c1ccc(Br)cc1. The van der Waals surface area contributed by atoms with Gasteiger partial charge in [0.1, 0.15) is 0 Å². The maximum absolute atomic E-state index is 12.2. The van der Waals surface area contributed by atoms with Gasteiger partial charge >= 0.3 is 0 Å². The summed E-state index contributed by atoms with van der Waals surface area (Å²) in [5.74, 6) is 0.0313. The van der Waals surface area contributed by atoms with Gasteiger partial charge in [-0.25, -0.2) is 0 Å². The van der Waals surface area contributed by atoms with E-state index in [-0.39, 0.29) is 11.4 Å². The Morgan fingerprint density at radius 1 is 1.17 bits per heavy atom. The second-order valence-electron chi connectivity index (χ2n) is 4.94. The van der Waals surface area contributed by atoms with Gasteiger partial charge in [-0.15, -0.1) is 0 Å². The Hall–Kier alpha value is -0.350. The van der Waals surface area contributed by atoms with Crippen molar-refractivity contribution in [2.75, 3.05) is 5.33 Å².